The second-order valence-electron chi connectivity index (χ2n) is 6.10. The van der Waals surface area contributed by atoms with Gasteiger partial charge in [-0.2, -0.15) is 0 Å². The van der Waals surface area contributed by atoms with Crippen molar-refractivity contribution in [1.29, 1.82) is 0 Å². The largest absolute Gasteiger partial charge is 0.479 e. The Morgan fingerprint density at radius 1 is 1.29 bits per heavy atom. The van der Waals surface area contributed by atoms with Crippen LogP contribution in [0.15, 0.2) is 30.3 Å². The molecule has 0 bridgehead atoms. The van der Waals surface area contributed by atoms with E-state index in [0.717, 1.165) is 0 Å². The molecule has 6 nitrogen and oxygen atoms in total. The molecule has 1 fully saturated rings. The number of carboxylic acid groups (broad SMARTS) is 1. The number of hydrogen-bond acceptors (Lipinski definition) is 4. The van der Waals surface area contributed by atoms with E-state index < -0.39 is 23.1 Å². The van der Waals surface area contributed by atoms with E-state index in [9.17, 15) is 19.1 Å². The average Bonchev–Trinajstić information content (AvgIpc) is 3.28. The van der Waals surface area contributed by atoms with E-state index in [1.165, 1.54) is 40.9 Å². The molecule has 0 spiro atoms. The molecule has 0 radical (unpaired) electrons. The first-order valence-corrected chi connectivity index (χ1v) is 9.96. The third-order valence-electron chi connectivity index (χ3n) is 4.35. The van der Waals surface area contributed by atoms with E-state index in [1.807, 2.05) is 0 Å². The van der Waals surface area contributed by atoms with Gasteiger partial charge in [0.15, 0.2) is 5.37 Å². The van der Waals surface area contributed by atoms with Crippen LogP contribution in [-0.4, -0.2) is 49.5 Å². The second-order valence-corrected chi connectivity index (χ2v) is 8.10. The highest BCUT2D eigenvalue weighted by atomic mass is 35.5. The SMILES string of the molecule is O=C(O)C1SCCN1C(=O)c1cc(Cl)c2nc(-c3c(F)cccc3Cl)[nH]c2c1. The number of amides is 1. The summed E-state index contributed by atoms with van der Waals surface area (Å²) in [6.07, 6.45) is 0. The number of aliphatic carboxylic acids is 1. The van der Waals surface area contributed by atoms with Crippen LogP contribution < -0.4 is 0 Å². The first kappa shape index (κ1) is 19.0. The number of imidazole rings is 1. The number of fused-ring (bicyclic) bond motifs is 1. The van der Waals surface area contributed by atoms with E-state index in [-0.39, 0.29) is 27.0 Å². The summed E-state index contributed by atoms with van der Waals surface area (Å²) in [5, 5.41) is 8.72. The van der Waals surface area contributed by atoms with Crippen molar-refractivity contribution in [3.05, 3.63) is 51.8 Å². The molecule has 1 saturated heterocycles. The topological polar surface area (TPSA) is 86.3 Å². The number of carbonyl (C=O) groups is 2. The molecule has 0 aliphatic carbocycles. The van der Waals surface area contributed by atoms with Crippen molar-refractivity contribution in [2.45, 2.75) is 5.37 Å². The van der Waals surface area contributed by atoms with Crippen molar-refractivity contribution in [2.75, 3.05) is 12.3 Å². The lowest BCUT2D eigenvalue weighted by molar-refractivity contribution is -0.138. The zero-order valence-corrected chi connectivity index (χ0v) is 16.4. The van der Waals surface area contributed by atoms with Crippen LogP contribution in [0.1, 0.15) is 10.4 Å². The highest BCUT2D eigenvalue weighted by molar-refractivity contribution is 8.00. The van der Waals surface area contributed by atoms with Crippen LogP contribution in [0.4, 0.5) is 4.39 Å². The van der Waals surface area contributed by atoms with E-state index in [4.69, 9.17) is 23.2 Å². The lowest BCUT2D eigenvalue weighted by Gasteiger charge is -2.20. The molecule has 144 valence electrons. The molecule has 1 aromatic heterocycles. The van der Waals surface area contributed by atoms with Crippen LogP contribution >= 0.6 is 35.0 Å². The number of thioether (sulfide) groups is 1. The molecule has 1 aliphatic heterocycles. The molecule has 3 aromatic rings. The number of carboxylic acids is 1. The van der Waals surface area contributed by atoms with Crippen molar-refractivity contribution < 1.29 is 19.1 Å². The summed E-state index contributed by atoms with van der Waals surface area (Å²) in [6, 6.07) is 7.25. The predicted molar refractivity (Wildman–Crippen MR) is 106 cm³/mol. The Kier molecular flexibility index (Phi) is 4.95. The van der Waals surface area contributed by atoms with E-state index in [2.05, 4.69) is 9.97 Å². The Morgan fingerprint density at radius 3 is 2.79 bits per heavy atom. The number of hydrogen-bond donors (Lipinski definition) is 2. The quantitative estimate of drug-likeness (QED) is 0.635. The van der Waals surface area contributed by atoms with Crippen LogP contribution in [0.25, 0.3) is 22.4 Å². The Labute approximate surface area is 172 Å². The van der Waals surface area contributed by atoms with Crippen LogP contribution in [0.3, 0.4) is 0 Å². The van der Waals surface area contributed by atoms with Crippen molar-refractivity contribution in [2.24, 2.45) is 0 Å². The van der Waals surface area contributed by atoms with Crippen molar-refractivity contribution in [3.8, 4) is 11.4 Å². The van der Waals surface area contributed by atoms with E-state index in [0.29, 0.717) is 23.3 Å². The van der Waals surface area contributed by atoms with Gasteiger partial charge in [0.05, 0.1) is 21.1 Å². The maximum Gasteiger partial charge on any atom is 0.337 e. The van der Waals surface area contributed by atoms with Crippen LogP contribution in [0.2, 0.25) is 10.0 Å². The van der Waals surface area contributed by atoms with Crippen molar-refractivity contribution >= 4 is 57.9 Å². The van der Waals surface area contributed by atoms with E-state index >= 15 is 0 Å². The summed E-state index contributed by atoms with van der Waals surface area (Å²) in [5.41, 5.74) is 1.11. The zero-order valence-electron chi connectivity index (χ0n) is 14.1. The van der Waals surface area contributed by atoms with Crippen LogP contribution in [-0.2, 0) is 4.79 Å². The Morgan fingerprint density at radius 2 is 2.07 bits per heavy atom. The van der Waals surface area contributed by atoms with Crippen LogP contribution in [0.5, 0.6) is 0 Å². The van der Waals surface area contributed by atoms with Crippen LogP contribution in [0, 0.1) is 5.82 Å². The number of aromatic amines is 1. The molecule has 28 heavy (non-hydrogen) atoms. The number of rotatable bonds is 3. The summed E-state index contributed by atoms with van der Waals surface area (Å²) < 4.78 is 14.2. The molecule has 1 unspecified atom stereocenters. The number of benzene rings is 2. The summed E-state index contributed by atoms with van der Waals surface area (Å²) in [5.74, 6) is -1.33. The normalized spacial score (nSPS) is 16.7. The fourth-order valence-corrected chi connectivity index (χ4v) is 4.65. The maximum absolute atomic E-state index is 14.2. The first-order valence-electron chi connectivity index (χ1n) is 8.16. The van der Waals surface area contributed by atoms with Gasteiger partial charge in [-0.3, -0.25) is 4.79 Å². The fourth-order valence-electron chi connectivity index (χ4n) is 3.09. The van der Waals surface area contributed by atoms with Crippen molar-refractivity contribution in [1.82, 2.24) is 14.9 Å². The van der Waals surface area contributed by atoms with Gasteiger partial charge in [-0.25, -0.2) is 14.2 Å². The molecule has 1 amide bonds. The molecule has 1 aliphatic rings. The molecule has 2 heterocycles. The summed E-state index contributed by atoms with van der Waals surface area (Å²) in [4.78, 5) is 32.7. The molecule has 1 atom stereocenters. The van der Waals surface area contributed by atoms with Gasteiger partial charge >= 0.3 is 5.97 Å². The highest BCUT2D eigenvalue weighted by Gasteiger charge is 2.35. The van der Waals surface area contributed by atoms with Gasteiger partial charge in [0.2, 0.25) is 0 Å². The number of nitrogens with one attached hydrogen (secondary N) is 1. The van der Waals surface area contributed by atoms with Gasteiger partial charge in [0.25, 0.3) is 5.91 Å². The average molecular weight is 440 g/mol. The number of H-pyrrole nitrogens is 1. The van der Waals surface area contributed by atoms with Gasteiger partial charge in [-0.05, 0) is 24.3 Å². The summed E-state index contributed by atoms with van der Waals surface area (Å²) in [7, 11) is 0. The molecule has 4 rings (SSSR count). The molecule has 2 N–H and O–H groups in total. The molecule has 10 heteroatoms. The Balaban J connectivity index is 1.77. The third kappa shape index (κ3) is 3.21. The zero-order chi connectivity index (χ0) is 20.0. The fraction of sp³-hybridized carbons (Fsp3) is 0.167. The Hall–Kier alpha value is -2.29. The summed E-state index contributed by atoms with van der Waals surface area (Å²) >= 11 is 13.6. The smallest absolute Gasteiger partial charge is 0.337 e. The third-order valence-corrected chi connectivity index (χ3v) is 6.14. The minimum atomic E-state index is -1.07. The first-order chi connectivity index (χ1) is 13.4. The number of halogens is 3. The molecule has 2 aromatic carbocycles. The number of carbonyl (C=O) groups excluding carboxylic acids is 1. The van der Waals surface area contributed by atoms with Gasteiger partial charge in [-0.15, -0.1) is 11.8 Å². The van der Waals surface area contributed by atoms with E-state index in [1.54, 1.807) is 6.07 Å². The highest BCUT2D eigenvalue weighted by Crippen LogP contribution is 2.33. The maximum atomic E-state index is 14.2. The van der Waals surface area contributed by atoms with Gasteiger partial charge in [0, 0.05) is 17.9 Å². The minimum Gasteiger partial charge on any atom is -0.479 e. The van der Waals surface area contributed by atoms with Gasteiger partial charge < -0.3 is 15.0 Å². The lowest BCUT2D eigenvalue weighted by atomic mass is 10.1. The number of nitrogens with zero attached hydrogens (tertiary/aromatic N) is 2. The molecular formula is C18H12Cl2FN3O3S. The second kappa shape index (κ2) is 7.27. The van der Waals surface area contributed by atoms with Gasteiger partial charge in [0.1, 0.15) is 17.2 Å². The molecule has 0 saturated carbocycles. The van der Waals surface area contributed by atoms with Crippen molar-refractivity contribution in [3.63, 3.8) is 0 Å². The Bertz CT molecular complexity index is 1100. The minimum absolute atomic E-state index is 0.103. The standard InChI is InChI=1S/C18H12Cl2FN3O3S/c19-9-2-1-3-11(21)13(9)15-22-12-7-8(6-10(20)14(12)23-15)16(25)24-4-5-28-17(24)18(26)27/h1-3,6-7,17H,4-5H2,(H,22,23)(H,26,27). The predicted octanol–water partition coefficient (Wildman–Crippen LogP) is 4.28. The number of aromatic nitrogens is 2. The lowest BCUT2D eigenvalue weighted by Crippen LogP contribution is -2.39. The summed E-state index contributed by atoms with van der Waals surface area (Å²) in [6.45, 7) is 0.329. The molecular weight excluding hydrogens is 428 g/mol. The monoisotopic (exact) mass is 439 g/mol. The van der Waals surface area contributed by atoms with Gasteiger partial charge in [-0.1, -0.05) is 29.3 Å².